The van der Waals surface area contributed by atoms with Gasteiger partial charge in [-0.15, -0.1) is 0 Å². The number of piperidine rings is 1. The van der Waals surface area contributed by atoms with Gasteiger partial charge in [-0.25, -0.2) is 0 Å². The van der Waals surface area contributed by atoms with Crippen molar-refractivity contribution in [1.29, 1.82) is 0 Å². The molecule has 10 nitrogen and oxygen atoms in total. The van der Waals surface area contributed by atoms with E-state index in [2.05, 4.69) is 49.2 Å². The van der Waals surface area contributed by atoms with E-state index in [1.165, 1.54) is 0 Å². The second-order valence-corrected chi connectivity index (χ2v) is 8.01. The van der Waals surface area contributed by atoms with Gasteiger partial charge in [-0.1, -0.05) is 23.4 Å². The zero-order valence-corrected chi connectivity index (χ0v) is 16.9. The molecule has 10 heteroatoms. The molecule has 3 aromatic rings. The van der Waals surface area contributed by atoms with Crippen LogP contribution in [0.4, 0.5) is 23.6 Å². The van der Waals surface area contributed by atoms with Gasteiger partial charge in [0.15, 0.2) is 0 Å². The Balaban J connectivity index is 1.26. The van der Waals surface area contributed by atoms with Gasteiger partial charge in [0.2, 0.25) is 23.5 Å². The number of aromatic nitrogens is 5. The lowest BCUT2D eigenvalue weighted by Gasteiger charge is -2.17. The third-order valence-corrected chi connectivity index (χ3v) is 5.56. The van der Waals surface area contributed by atoms with Crippen molar-refractivity contribution >= 4 is 23.6 Å². The summed E-state index contributed by atoms with van der Waals surface area (Å²) in [6.07, 6.45) is 0.273. The first kappa shape index (κ1) is 18.7. The number of fused-ring (bicyclic) bond motifs is 1. The summed E-state index contributed by atoms with van der Waals surface area (Å²) in [7, 11) is 0. The van der Waals surface area contributed by atoms with Gasteiger partial charge in [0.25, 0.3) is 0 Å². The van der Waals surface area contributed by atoms with Crippen molar-refractivity contribution in [3.05, 3.63) is 30.3 Å². The molecule has 1 aliphatic carbocycles. The fraction of sp³-hybridized carbons (Fsp3) is 0.450. The van der Waals surface area contributed by atoms with Crippen LogP contribution in [0.3, 0.4) is 0 Å². The van der Waals surface area contributed by atoms with Crippen LogP contribution in [-0.2, 0) is 4.74 Å². The third-order valence-electron chi connectivity index (χ3n) is 5.56. The molecule has 0 radical (unpaired) electrons. The summed E-state index contributed by atoms with van der Waals surface area (Å²) in [6.45, 7) is 6.77. The molecule has 3 N–H and O–H groups in total. The van der Waals surface area contributed by atoms with Gasteiger partial charge in [0, 0.05) is 18.8 Å². The highest BCUT2D eigenvalue weighted by Crippen LogP contribution is 2.52. The van der Waals surface area contributed by atoms with Crippen molar-refractivity contribution < 1.29 is 9.26 Å². The average molecular weight is 408 g/mol. The monoisotopic (exact) mass is 408 g/mol. The zero-order valence-electron chi connectivity index (χ0n) is 16.9. The lowest BCUT2D eigenvalue weighted by atomic mass is 10.3. The molecule has 1 unspecified atom stereocenters. The SMILES string of the molecule is CC(C)OCC1[C@H]2CN(c3nc(-c4nc(N)nc(Nc5ccccc5)n4)no3)C[C@@H]12. The number of benzene rings is 1. The summed E-state index contributed by atoms with van der Waals surface area (Å²) >= 11 is 0. The maximum atomic E-state index is 5.86. The first-order valence-corrected chi connectivity index (χ1v) is 10.1. The minimum Gasteiger partial charge on any atom is -0.378 e. The van der Waals surface area contributed by atoms with E-state index in [0.717, 1.165) is 25.4 Å². The van der Waals surface area contributed by atoms with E-state index in [4.69, 9.17) is 15.0 Å². The van der Waals surface area contributed by atoms with Crippen LogP contribution in [0.2, 0.25) is 0 Å². The molecule has 1 aromatic carbocycles. The Hall–Kier alpha value is -3.27. The van der Waals surface area contributed by atoms with Gasteiger partial charge in [-0.2, -0.15) is 19.9 Å². The highest BCUT2D eigenvalue weighted by atomic mass is 16.5. The van der Waals surface area contributed by atoms with Crippen LogP contribution in [0.25, 0.3) is 11.6 Å². The smallest absolute Gasteiger partial charge is 0.324 e. The molecule has 0 bridgehead atoms. The Morgan fingerprint density at radius 1 is 1.10 bits per heavy atom. The predicted octanol–water partition coefficient (Wildman–Crippen LogP) is 2.35. The van der Waals surface area contributed by atoms with Gasteiger partial charge in [-0.05, 0) is 43.7 Å². The van der Waals surface area contributed by atoms with Crippen LogP contribution >= 0.6 is 0 Å². The topological polar surface area (TPSA) is 128 Å². The minimum atomic E-state index is 0.0835. The summed E-state index contributed by atoms with van der Waals surface area (Å²) in [5.41, 5.74) is 6.70. The molecule has 30 heavy (non-hydrogen) atoms. The number of anilines is 4. The number of rotatable bonds is 7. The number of hydrogen-bond acceptors (Lipinski definition) is 10. The summed E-state index contributed by atoms with van der Waals surface area (Å²) in [4.78, 5) is 19.3. The fourth-order valence-corrected chi connectivity index (χ4v) is 3.99. The quantitative estimate of drug-likeness (QED) is 0.601. The van der Waals surface area contributed by atoms with Crippen LogP contribution in [0, 0.1) is 17.8 Å². The summed E-state index contributed by atoms with van der Waals surface area (Å²) in [5.74, 6) is 2.87. The lowest BCUT2D eigenvalue weighted by Crippen LogP contribution is -2.25. The summed E-state index contributed by atoms with van der Waals surface area (Å²) in [5, 5.41) is 7.15. The van der Waals surface area contributed by atoms with E-state index in [1.54, 1.807) is 0 Å². The van der Waals surface area contributed by atoms with E-state index in [1.807, 2.05) is 30.3 Å². The van der Waals surface area contributed by atoms with E-state index in [-0.39, 0.29) is 23.7 Å². The molecule has 3 atom stereocenters. The number of nitrogens with two attached hydrogens (primary N) is 1. The van der Waals surface area contributed by atoms with Crippen molar-refractivity contribution in [1.82, 2.24) is 25.1 Å². The number of hydrogen-bond donors (Lipinski definition) is 2. The van der Waals surface area contributed by atoms with Crippen LogP contribution in [0.1, 0.15) is 13.8 Å². The standard InChI is InChI=1S/C20H24N8O2/c1-11(2)29-10-15-13-8-28(9-14(13)15)20-25-17(27-30-20)16-23-18(21)26-19(24-16)22-12-6-4-3-5-7-12/h3-7,11,13-15H,8-10H2,1-2H3,(H3,21,22,23,24,26)/t13-,14+,15?. The molecule has 2 aliphatic rings. The average Bonchev–Trinajstić information content (AvgIpc) is 3.09. The summed E-state index contributed by atoms with van der Waals surface area (Å²) < 4.78 is 11.2. The highest BCUT2D eigenvalue weighted by Gasteiger charge is 2.56. The second kappa shape index (κ2) is 7.52. The summed E-state index contributed by atoms with van der Waals surface area (Å²) in [6, 6.07) is 10.1. The normalized spacial score (nSPS) is 22.4. The maximum absolute atomic E-state index is 5.86. The molecule has 3 heterocycles. The molecule has 2 aromatic heterocycles. The van der Waals surface area contributed by atoms with Crippen molar-refractivity contribution in [3.63, 3.8) is 0 Å². The van der Waals surface area contributed by atoms with Gasteiger partial charge < -0.3 is 25.2 Å². The van der Waals surface area contributed by atoms with Crippen LogP contribution in [0.5, 0.6) is 0 Å². The van der Waals surface area contributed by atoms with E-state index in [9.17, 15) is 0 Å². The molecular formula is C20H24N8O2. The van der Waals surface area contributed by atoms with Crippen LogP contribution in [0.15, 0.2) is 34.9 Å². The largest absolute Gasteiger partial charge is 0.378 e. The molecule has 2 fully saturated rings. The Kier molecular flexibility index (Phi) is 4.70. The van der Waals surface area contributed by atoms with E-state index < -0.39 is 0 Å². The molecule has 1 aliphatic heterocycles. The molecule has 1 saturated heterocycles. The predicted molar refractivity (Wildman–Crippen MR) is 111 cm³/mol. The highest BCUT2D eigenvalue weighted by molar-refractivity contribution is 5.57. The van der Waals surface area contributed by atoms with Gasteiger partial charge in [0.05, 0.1) is 12.7 Å². The fourth-order valence-electron chi connectivity index (χ4n) is 3.99. The first-order chi connectivity index (χ1) is 14.6. The number of ether oxygens (including phenoxy) is 1. The maximum Gasteiger partial charge on any atom is 0.324 e. The van der Waals surface area contributed by atoms with Crippen molar-refractivity contribution in [2.24, 2.45) is 17.8 Å². The van der Waals surface area contributed by atoms with Gasteiger partial charge in [0.1, 0.15) is 0 Å². The van der Waals surface area contributed by atoms with Crippen molar-refractivity contribution in [2.75, 3.05) is 35.6 Å². The van der Waals surface area contributed by atoms with E-state index in [0.29, 0.717) is 29.7 Å². The molecule has 0 spiro atoms. The first-order valence-electron chi connectivity index (χ1n) is 10.1. The third kappa shape index (κ3) is 3.78. The Morgan fingerprint density at radius 2 is 1.87 bits per heavy atom. The number of para-hydroxylation sites is 1. The Morgan fingerprint density at radius 3 is 2.60 bits per heavy atom. The molecular weight excluding hydrogens is 384 g/mol. The zero-order chi connectivity index (χ0) is 20.7. The molecule has 1 saturated carbocycles. The Bertz CT molecular complexity index is 1010. The minimum absolute atomic E-state index is 0.0835. The number of nitrogens with zero attached hydrogens (tertiary/aromatic N) is 6. The van der Waals surface area contributed by atoms with Crippen LogP contribution in [-0.4, -0.2) is 50.9 Å². The Labute approximate surface area is 173 Å². The van der Waals surface area contributed by atoms with Crippen molar-refractivity contribution in [3.8, 4) is 11.6 Å². The number of nitrogens with one attached hydrogen (secondary N) is 1. The molecule has 0 amide bonds. The number of nitrogen functional groups attached to an aromatic ring is 1. The second-order valence-electron chi connectivity index (χ2n) is 8.01. The van der Waals surface area contributed by atoms with Crippen LogP contribution < -0.4 is 16.0 Å². The molecule has 156 valence electrons. The molecule has 5 rings (SSSR count). The van der Waals surface area contributed by atoms with Crippen molar-refractivity contribution in [2.45, 2.75) is 20.0 Å². The van der Waals surface area contributed by atoms with Gasteiger partial charge >= 0.3 is 6.01 Å². The van der Waals surface area contributed by atoms with Gasteiger partial charge in [-0.3, -0.25) is 0 Å². The van der Waals surface area contributed by atoms with E-state index >= 15 is 0 Å². The lowest BCUT2D eigenvalue weighted by molar-refractivity contribution is 0.0652.